The Morgan fingerprint density at radius 2 is 0.788 bits per heavy atom. The van der Waals surface area contributed by atoms with Crippen LogP contribution in [0.15, 0.2) is 122 Å². The number of aromatic nitrogens is 2. The summed E-state index contributed by atoms with van der Waals surface area (Å²) in [6, 6.07) is 27.9. The van der Waals surface area contributed by atoms with Gasteiger partial charge < -0.3 is 20.1 Å². The van der Waals surface area contributed by atoms with Crippen molar-refractivity contribution in [2.24, 2.45) is 11.8 Å². The van der Waals surface area contributed by atoms with Crippen LogP contribution < -0.4 is 10.6 Å². The highest BCUT2D eigenvalue weighted by molar-refractivity contribution is 6.24. The molecule has 0 bridgehead atoms. The average molecular weight is 891 g/mol. The number of ether oxygens (including phenoxy) is 2. The van der Waals surface area contributed by atoms with Gasteiger partial charge in [0.2, 0.25) is 0 Å². The maximum atomic E-state index is 13.6. The Labute approximate surface area is 379 Å². The second-order valence-corrected chi connectivity index (χ2v) is 16.3. The quantitative estimate of drug-likeness (QED) is 0.0954. The molecule has 4 aromatic carbocycles. The van der Waals surface area contributed by atoms with Crippen molar-refractivity contribution in [1.82, 2.24) is 19.8 Å². The number of esters is 2. The van der Waals surface area contributed by atoms with Gasteiger partial charge in [-0.1, -0.05) is 88.4 Å². The van der Waals surface area contributed by atoms with Gasteiger partial charge in [0.1, 0.15) is 12.2 Å². The fourth-order valence-corrected chi connectivity index (χ4v) is 8.08. The minimum atomic E-state index is -1.37. The molecule has 0 fully saturated rings. The predicted molar refractivity (Wildman–Crippen MR) is 243 cm³/mol. The topological polar surface area (TPSA) is 211 Å². The summed E-state index contributed by atoms with van der Waals surface area (Å²) in [6.45, 7) is 9.47. The minimum Gasteiger partial charge on any atom is -0.459 e. The molecule has 0 saturated carbocycles. The number of nitrogens with zero attached hydrogens (tertiary/aromatic N) is 4. The summed E-state index contributed by atoms with van der Waals surface area (Å²) >= 11 is 0. The second kappa shape index (κ2) is 19.3. The van der Waals surface area contributed by atoms with Crippen LogP contribution in [-0.4, -0.2) is 91.4 Å². The average Bonchev–Trinajstić information content (AvgIpc) is 3.69. The van der Waals surface area contributed by atoms with Crippen molar-refractivity contribution in [2.45, 2.75) is 65.8 Å². The zero-order chi connectivity index (χ0) is 47.4. The van der Waals surface area contributed by atoms with Crippen molar-refractivity contribution in [1.29, 1.82) is 0 Å². The lowest BCUT2D eigenvalue weighted by atomic mass is 9.96. The second-order valence-electron chi connectivity index (χ2n) is 16.3. The molecule has 0 saturated heterocycles. The number of carbonyl (C=O) groups excluding carboxylic acids is 8. The van der Waals surface area contributed by atoms with E-state index in [1.807, 2.05) is 24.3 Å². The van der Waals surface area contributed by atoms with Crippen LogP contribution in [0.1, 0.15) is 83.0 Å². The van der Waals surface area contributed by atoms with E-state index in [0.29, 0.717) is 22.4 Å². The normalized spacial score (nSPS) is 14.8. The highest BCUT2D eigenvalue weighted by atomic mass is 16.5. The molecule has 16 heteroatoms. The van der Waals surface area contributed by atoms with Gasteiger partial charge in [-0.2, -0.15) is 0 Å². The number of rotatable bonds is 12. The van der Waals surface area contributed by atoms with Gasteiger partial charge in [0, 0.05) is 37.0 Å². The van der Waals surface area contributed by atoms with Crippen molar-refractivity contribution in [3.05, 3.63) is 144 Å². The first-order valence-electron chi connectivity index (χ1n) is 21.2. The Hall–Kier alpha value is -8.14. The zero-order valence-corrected chi connectivity index (χ0v) is 36.9. The molecule has 0 unspecified atom stereocenters. The monoisotopic (exact) mass is 890 g/mol. The number of fused-ring (bicyclic) bond motifs is 4. The third-order valence-corrected chi connectivity index (χ3v) is 11.1. The maximum absolute atomic E-state index is 13.6. The summed E-state index contributed by atoms with van der Waals surface area (Å²) in [5, 5.41) is 7.22. The highest BCUT2D eigenvalue weighted by Crippen LogP contribution is 2.32. The molecule has 336 valence electrons. The molecule has 4 heterocycles. The number of benzene rings is 4. The summed E-state index contributed by atoms with van der Waals surface area (Å²) in [6.07, 6.45) is 1.12. The predicted octanol–water partition coefficient (Wildman–Crippen LogP) is 6.85. The van der Waals surface area contributed by atoms with Gasteiger partial charge >= 0.3 is 11.9 Å². The molecule has 0 aliphatic carbocycles. The summed E-state index contributed by atoms with van der Waals surface area (Å²) in [4.78, 5) is 114. The van der Waals surface area contributed by atoms with Crippen LogP contribution in [-0.2, 0) is 28.7 Å². The van der Waals surface area contributed by atoms with E-state index in [-0.39, 0.29) is 34.1 Å². The first-order valence-corrected chi connectivity index (χ1v) is 21.2. The van der Waals surface area contributed by atoms with Crippen LogP contribution in [0.2, 0.25) is 0 Å². The van der Waals surface area contributed by atoms with E-state index < -0.39 is 71.7 Å². The fraction of sp³-hybridized carbons (Fsp3) is 0.240. The summed E-state index contributed by atoms with van der Waals surface area (Å²) in [5.41, 5.74) is 2.78. The molecule has 66 heavy (non-hydrogen) atoms. The third-order valence-electron chi connectivity index (χ3n) is 11.1. The van der Waals surface area contributed by atoms with E-state index in [1.54, 1.807) is 101 Å². The van der Waals surface area contributed by atoms with Crippen LogP contribution in [0, 0.1) is 11.8 Å². The molecule has 6 aromatic rings. The van der Waals surface area contributed by atoms with Crippen LogP contribution in [0.4, 0.5) is 11.4 Å². The van der Waals surface area contributed by atoms with Crippen molar-refractivity contribution >= 4 is 80.6 Å². The smallest absolute Gasteiger partial charge is 0.303 e. The van der Waals surface area contributed by atoms with Crippen molar-refractivity contribution in [3.63, 3.8) is 0 Å². The number of para-hydroxylation sites is 2. The molecule has 2 aromatic heterocycles. The van der Waals surface area contributed by atoms with Gasteiger partial charge in [-0.3, -0.25) is 58.1 Å². The number of hydrogen-bond acceptors (Lipinski definition) is 12. The number of carbonyl (C=O) groups is 8. The van der Waals surface area contributed by atoms with Gasteiger partial charge in [-0.15, -0.1) is 0 Å². The van der Waals surface area contributed by atoms with E-state index in [9.17, 15) is 38.4 Å². The molecule has 4 atom stereocenters. The Kier molecular flexibility index (Phi) is 13.4. The highest BCUT2D eigenvalue weighted by Gasteiger charge is 2.50. The SMILES string of the molecule is CC(=O)O[C@@H](C(C)C)[C@@H](C(=O)Nc1cccc2cccnc12)N1C(=O)c2ccccc2C1=O.CC(=O)O[C@@H](C(C)C)[C@@H](C(=O)Nc1cccc2cccnc12)N1C(=O)c2ccccc2C1=O. The molecular weight excluding hydrogens is 845 g/mol. The molecule has 0 spiro atoms. The molecule has 2 N–H and O–H groups in total. The fourth-order valence-electron chi connectivity index (χ4n) is 8.08. The molecule has 2 aliphatic heterocycles. The summed E-state index contributed by atoms with van der Waals surface area (Å²) in [7, 11) is 0. The largest absolute Gasteiger partial charge is 0.459 e. The molecule has 6 amide bonds. The van der Waals surface area contributed by atoms with Crippen LogP contribution in [0.25, 0.3) is 21.8 Å². The summed E-state index contributed by atoms with van der Waals surface area (Å²) in [5.74, 6) is -5.68. The van der Waals surface area contributed by atoms with E-state index in [0.717, 1.165) is 20.6 Å². The first-order chi connectivity index (χ1) is 31.6. The Morgan fingerprint density at radius 3 is 1.09 bits per heavy atom. The first kappa shape index (κ1) is 45.9. The number of pyridine rings is 2. The summed E-state index contributed by atoms with van der Waals surface area (Å²) < 4.78 is 10.9. The van der Waals surface area contributed by atoms with Crippen LogP contribution >= 0.6 is 0 Å². The molecule has 16 nitrogen and oxygen atoms in total. The number of anilines is 2. The standard InChI is InChI=1S/2C25H23N3O5/c2*1-14(2)22(33-15(3)29)21(28-24(31)17-10-4-5-11-18(17)25(28)32)23(30)27-19-12-6-8-16-9-7-13-26-20(16)19/h2*4-14,21-22H,1-3H3,(H,27,30)/t2*21-,22-/m00/s1. The number of hydrogen-bond donors (Lipinski definition) is 2. The lowest BCUT2D eigenvalue weighted by Crippen LogP contribution is -2.56. The van der Waals surface area contributed by atoms with Crippen molar-refractivity contribution < 1.29 is 47.8 Å². The van der Waals surface area contributed by atoms with Gasteiger partial charge in [0.15, 0.2) is 12.1 Å². The Balaban J connectivity index is 0.000000196. The van der Waals surface area contributed by atoms with E-state index in [2.05, 4.69) is 20.6 Å². The van der Waals surface area contributed by atoms with Crippen LogP contribution in [0.5, 0.6) is 0 Å². The van der Waals surface area contributed by atoms with E-state index >= 15 is 0 Å². The third kappa shape index (κ3) is 9.11. The van der Waals surface area contributed by atoms with Crippen molar-refractivity contribution in [2.75, 3.05) is 10.6 Å². The van der Waals surface area contributed by atoms with Crippen LogP contribution in [0.3, 0.4) is 0 Å². The van der Waals surface area contributed by atoms with Gasteiger partial charge in [0.05, 0.1) is 44.7 Å². The molecule has 8 rings (SSSR count). The molecular formula is C50H46N6O10. The van der Waals surface area contributed by atoms with E-state index in [1.165, 1.54) is 38.1 Å². The zero-order valence-electron chi connectivity index (χ0n) is 36.9. The molecule has 2 aliphatic rings. The maximum Gasteiger partial charge on any atom is 0.303 e. The van der Waals surface area contributed by atoms with E-state index in [4.69, 9.17) is 9.47 Å². The minimum absolute atomic E-state index is 0.206. The van der Waals surface area contributed by atoms with Crippen molar-refractivity contribution in [3.8, 4) is 0 Å². The lowest BCUT2D eigenvalue weighted by molar-refractivity contribution is -0.154. The number of amides is 6. The molecule has 0 radical (unpaired) electrons. The number of imide groups is 2. The van der Waals surface area contributed by atoms with Gasteiger partial charge in [-0.25, -0.2) is 0 Å². The number of nitrogens with one attached hydrogen (secondary N) is 2. The van der Waals surface area contributed by atoms with Gasteiger partial charge in [0.25, 0.3) is 35.4 Å². The Morgan fingerprint density at radius 1 is 0.470 bits per heavy atom. The lowest BCUT2D eigenvalue weighted by Gasteiger charge is -2.33. The Bertz CT molecular complexity index is 2660. The van der Waals surface area contributed by atoms with Gasteiger partial charge in [-0.05, 0) is 60.4 Å².